The highest BCUT2D eigenvalue weighted by Gasteiger charge is 2.13. The van der Waals surface area contributed by atoms with Crippen LogP contribution in [0.4, 0.5) is 0 Å². The number of nitrogens with zero attached hydrogens (tertiary/aromatic N) is 2. The Balaban J connectivity index is 2.44. The van der Waals surface area contributed by atoms with E-state index in [0.29, 0.717) is 12.3 Å². The summed E-state index contributed by atoms with van der Waals surface area (Å²) < 4.78 is 10.4. The van der Waals surface area contributed by atoms with E-state index in [0.717, 1.165) is 16.7 Å². The van der Waals surface area contributed by atoms with Gasteiger partial charge in [0.25, 0.3) is 5.91 Å². The molecule has 0 spiro atoms. The SMILES string of the molecule is Cc1cc(C)c(OCC(=O)OCC(=O)N(C)CCC#N)c(C)c1. The Kier molecular flexibility index (Phi) is 7.07. The van der Waals surface area contributed by atoms with Gasteiger partial charge in [0.2, 0.25) is 0 Å². The number of likely N-dealkylation sites (N-methyl/N-ethyl adjacent to an activating group) is 1. The lowest BCUT2D eigenvalue weighted by Crippen LogP contribution is -2.32. The van der Waals surface area contributed by atoms with E-state index < -0.39 is 5.97 Å². The van der Waals surface area contributed by atoms with E-state index in [9.17, 15) is 9.59 Å². The number of hydrogen-bond donors (Lipinski definition) is 0. The molecule has 23 heavy (non-hydrogen) atoms. The van der Waals surface area contributed by atoms with Crippen molar-refractivity contribution in [3.63, 3.8) is 0 Å². The Morgan fingerprint density at radius 2 is 1.78 bits per heavy atom. The summed E-state index contributed by atoms with van der Waals surface area (Å²) in [5.74, 6) is -0.298. The first kappa shape index (κ1) is 18.5. The lowest BCUT2D eigenvalue weighted by molar-refractivity contribution is -0.153. The average molecular weight is 318 g/mol. The zero-order valence-corrected chi connectivity index (χ0v) is 14.0. The summed E-state index contributed by atoms with van der Waals surface area (Å²) in [6, 6.07) is 5.90. The number of carbonyl (C=O) groups excluding carboxylic acids is 2. The number of rotatable bonds is 7. The van der Waals surface area contributed by atoms with Gasteiger partial charge in [0.1, 0.15) is 5.75 Å². The molecule has 1 amide bonds. The second kappa shape index (κ2) is 8.79. The third-order valence-corrected chi connectivity index (χ3v) is 3.28. The molecule has 0 heterocycles. The Hall–Kier alpha value is -2.55. The fourth-order valence-corrected chi connectivity index (χ4v) is 2.16. The van der Waals surface area contributed by atoms with Crippen LogP contribution in [0.15, 0.2) is 12.1 Å². The van der Waals surface area contributed by atoms with Gasteiger partial charge in [-0.15, -0.1) is 0 Å². The molecule has 0 saturated heterocycles. The van der Waals surface area contributed by atoms with Gasteiger partial charge < -0.3 is 14.4 Å². The number of aryl methyl sites for hydroxylation is 3. The standard InChI is InChI=1S/C17H22N2O4/c1-12-8-13(2)17(14(3)9-12)23-11-16(21)22-10-15(20)19(4)7-5-6-18/h8-9H,5,7,10-11H2,1-4H3. The van der Waals surface area contributed by atoms with Crippen LogP contribution in [0.5, 0.6) is 5.75 Å². The Morgan fingerprint density at radius 1 is 1.17 bits per heavy atom. The summed E-state index contributed by atoms with van der Waals surface area (Å²) in [5, 5.41) is 8.47. The van der Waals surface area contributed by atoms with Crippen LogP contribution in [0.25, 0.3) is 0 Å². The van der Waals surface area contributed by atoms with Crippen molar-refractivity contribution in [3.8, 4) is 11.8 Å². The van der Waals surface area contributed by atoms with Gasteiger partial charge in [-0.25, -0.2) is 4.79 Å². The van der Waals surface area contributed by atoms with Crippen LogP contribution in [0.1, 0.15) is 23.1 Å². The van der Waals surface area contributed by atoms with Crippen LogP contribution in [0.3, 0.4) is 0 Å². The number of amides is 1. The van der Waals surface area contributed by atoms with Gasteiger partial charge in [0.05, 0.1) is 12.5 Å². The molecular weight excluding hydrogens is 296 g/mol. The normalized spacial score (nSPS) is 9.87. The number of esters is 1. The molecular formula is C17H22N2O4. The Labute approximate surface area is 136 Å². The summed E-state index contributed by atoms with van der Waals surface area (Å²) >= 11 is 0. The predicted octanol–water partition coefficient (Wildman–Crippen LogP) is 1.91. The third kappa shape index (κ3) is 5.99. The van der Waals surface area contributed by atoms with Gasteiger partial charge >= 0.3 is 5.97 Å². The number of carbonyl (C=O) groups is 2. The van der Waals surface area contributed by atoms with Crippen molar-refractivity contribution in [1.29, 1.82) is 5.26 Å². The Bertz CT molecular complexity index is 597. The van der Waals surface area contributed by atoms with Crippen molar-refractivity contribution in [3.05, 3.63) is 28.8 Å². The minimum absolute atomic E-state index is 0.241. The largest absolute Gasteiger partial charge is 0.481 e. The van der Waals surface area contributed by atoms with E-state index in [1.54, 1.807) is 7.05 Å². The highest BCUT2D eigenvalue weighted by Crippen LogP contribution is 2.24. The lowest BCUT2D eigenvalue weighted by atomic mass is 10.1. The molecule has 0 fully saturated rings. The summed E-state index contributed by atoms with van der Waals surface area (Å²) in [5.41, 5.74) is 3.02. The average Bonchev–Trinajstić information content (AvgIpc) is 2.49. The van der Waals surface area contributed by atoms with E-state index in [2.05, 4.69) is 0 Å². The molecule has 0 atom stereocenters. The van der Waals surface area contributed by atoms with Crippen LogP contribution in [0, 0.1) is 32.1 Å². The molecule has 0 aromatic heterocycles. The molecule has 6 heteroatoms. The van der Waals surface area contributed by atoms with Gasteiger partial charge in [0.15, 0.2) is 13.2 Å². The lowest BCUT2D eigenvalue weighted by Gasteiger charge is -2.16. The number of hydrogen-bond acceptors (Lipinski definition) is 5. The van der Waals surface area contributed by atoms with E-state index in [-0.39, 0.29) is 25.5 Å². The molecule has 6 nitrogen and oxygen atoms in total. The molecule has 124 valence electrons. The molecule has 0 N–H and O–H groups in total. The maximum atomic E-state index is 11.7. The third-order valence-electron chi connectivity index (χ3n) is 3.28. The molecule has 0 aliphatic heterocycles. The monoisotopic (exact) mass is 318 g/mol. The summed E-state index contributed by atoms with van der Waals surface area (Å²) in [4.78, 5) is 24.7. The smallest absolute Gasteiger partial charge is 0.344 e. The highest BCUT2D eigenvalue weighted by atomic mass is 16.6. The van der Waals surface area contributed by atoms with Gasteiger partial charge in [-0.3, -0.25) is 4.79 Å². The molecule has 1 aromatic carbocycles. The van der Waals surface area contributed by atoms with Crippen molar-refractivity contribution >= 4 is 11.9 Å². The van der Waals surface area contributed by atoms with Gasteiger partial charge in [0, 0.05) is 13.6 Å². The summed E-state index contributed by atoms with van der Waals surface area (Å²) in [6.45, 7) is 5.52. The van der Waals surface area contributed by atoms with Crippen LogP contribution in [0.2, 0.25) is 0 Å². The maximum absolute atomic E-state index is 11.7. The first-order valence-electron chi connectivity index (χ1n) is 7.32. The van der Waals surface area contributed by atoms with Gasteiger partial charge in [-0.2, -0.15) is 5.26 Å². The van der Waals surface area contributed by atoms with Crippen LogP contribution in [-0.4, -0.2) is 43.6 Å². The zero-order chi connectivity index (χ0) is 17.4. The molecule has 0 aliphatic rings. The molecule has 0 saturated carbocycles. The fourth-order valence-electron chi connectivity index (χ4n) is 2.16. The first-order chi connectivity index (χ1) is 10.8. The van der Waals surface area contributed by atoms with Gasteiger partial charge in [-0.05, 0) is 31.9 Å². The van der Waals surface area contributed by atoms with Crippen molar-refractivity contribution in [2.75, 3.05) is 26.8 Å². The van der Waals surface area contributed by atoms with Crippen molar-refractivity contribution in [2.24, 2.45) is 0 Å². The summed E-state index contributed by atoms with van der Waals surface area (Å²) in [7, 11) is 1.56. The number of nitriles is 1. The van der Waals surface area contributed by atoms with Crippen molar-refractivity contribution in [2.45, 2.75) is 27.2 Å². The molecule has 0 aliphatic carbocycles. The molecule has 0 radical (unpaired) electrons. The maximum Gasteiger partial charge on any atom is 0.344 e. The minimum Gasteiger partial charge on any atom is -0.481 e. The molecule has 0 bridgehead atoms. The highest BCUT2D eigenvalue weighted by molar-refractivity contribution is 5.80. The van der Waals surface area contributed by atoms with E-state index in [1.165, 1.54) is 4.90 Å². The minimum atomic E-state index is -0.605. The van der Waals surface area contributed by atoms with Gasteiger partial charge in [-0.1, -0.05) is 17.7 Å². The quantitative estimate of drug-likeness (QED) is 0.717. The summed E-state index contributed by atoms with van der Waals surface area (Å²) in [6.07, 6.45) is 0.241. The number of ether oxygens (including phenoxy) is 2. The molecule has 1 aromatic rings. The molecule has 1 rings (SSSR count). The van der Waals surface area contributed by atoms with E-state index >= 15 is 0 Å². The zero-order valence-electron chi connectivity index (χ0n) is 14.0. The van der Waals surface area contributed by atoms with Crippen LogP contribution >= 0.6 is 0 Å². The second-order valence-electron chi connectivity index (χ2n) is 5.40. The van der Waals surface area contributed by atoms with E-state index in [1.807, 2.05) is 39.0 Å². The van der Waals surface area contributed by atoms with Crippen molar-refractivity contribution < 1.29 is 19.1 Å². The topological polar surface area (TPSA) is 79.6 Å². The first-order valence-corrected chi connectivity index (χ1v) is 7.32. The predicted molar refractivity (Wildman–Crippen MR) is 85.0 cm³/mol. The second-order valence-corrected chi connectivity index (χ2v) is 5.40. The fraction of sp³-hybridized carbons (Fsp3) is 0.471. The van der Waals surface area contributed by atoms with Crippen LogP contribution < -0.4 is 4.74 Å². The van der Waals surface area contributed by atoms with Crippen LogP contribution in [-0.2, 0) is 14.3 Å². The Morgan fingerprint density at radius 3 is 2.35 bits per heavy atom. The van der Waals surface area contributed by atoms with E-state index in [4.69, 9.17) is 14.7 Å². The number of benzene rings is 1. The van der Waals surface area contributed by atoms with Crippen molar-refractivity contribution in [1.82, 2.24) is 4.90 Å². The molecule has 0 unspecified atom stereocenters.